The van der Waals surface area contributed by atoms with Gasteiger partial charge in [0.25, 0.3) is 5.56 Å². The first-order valence-corrected chi connectivity index (χ1v) is 10.1. The zero-order valence-corrected chi connectivity index (χ0v) is 16.6. The molecule has 5 rings (SSSR count). The number of aromatic amines is 1. The number of nitrogens with zero attached hydrogens (tertiary/aromatic N) is 6. The Morgan fingerprint density at radius 3 is 2.60 bits per heavy atom. The van der Waals surface area contributed by atoms with Crippen molar-refractivity contribution < 1.29 is 4.74 Å². The first kappa shape index (κ1) is 18.8. The number of rotatable bonds is 4. The Morgan fingerprint density at radius 2 is 1.83 bits per heavy atom. The molecule has 0 radical (unpaired) electrons. The fraction of sp³-hybridized carbons (Fsp3) is 0.381. The van der Waals surface area contributed by atoms with Crippen LogP contribution in [0.25, 0.3) is 11.4 Å². The number of H-pyrrole nitrogens is 1. The van der Waals surface area contributed by atoms with E-state index in [1.807, 2.05) is 24.5 Å². The van der Waals surface area contributed by atoms with Crippen molar-refractivity contribution >= 4 is 5.95 Å². The number of nitrogens with one attached hydrogen (secondary N) is 1. The minimum absolute atomic E-state index is 0.0737. The number of hydrogen-bond acceptors (Lipinski definition) is 8. The molecule has 0 aromatic carbocycles. The molecule has 0 bridgehead atoms. The van der Waals surface area contributed by atoms with E-state index in [0.717, 1.165) is 54.4 Å². The molecule has 30 heavy (non-hydrogen) atoms. The van der Waals surface area contributed by atoms with Crippen LogP contribution in [-0.4, -0.2) is 62.7 Å². The summed E-state index contributed by atoms with van der Waals surface area (Å²) in [5, 5.41) is 0. The van der Waals surface area contributed by atoms with Crippen LogP contribution in [0.3, 0.4) is 0 Å². The Bertz CT molecular complexity index is 1060. The van der Waals surface area contributed by atoms with Crippen LogP contribution in [0.15, 0.2) is 41.7 Å². The molecule has 0 aliphatic carbocycles. The zero-order chi connectivity index (χ0) is 20.3. The van der Waals surface area contributed by atoms with Gasteiger partial charge < -0.3 is 14.6 Å². The summed E-state index contributed by atoms with van der Waals surface area (Å²) in [5.41, 5.74) is 3.44. The first-order chi connectivity index (χ1) is 14.8. The Hall–Kier alpha value is -3.17. The minimum Gasteiger partial charge on any atom is -0.378 e. The maximum atomic E-state index is 12.7. The van der Waals surface area contributed by atoms with E-state index in [4.69, 9.17) is 9.72 Å². The minimum atomic E-state index is -0.0737. The molecular formula is C21H23N7O2. The van der Waals surface area contributed by atoms with Crippen molar-refractivity contribution in [1.29, 1.82) is 0 Å². The van der Waals surface area contributed by atoms with Gasteiger partial charge >= 0.3 is 0 Å². The predicted molar refractivity (Wildman–Crippen MR) is 111 cm³/mol. The molecular weight excluding hydrogens is 382 g/mol. The van der Waals surface area contributed by atoms with E-state index in [9.17, 15) is 4.79 Å². The lowest BCUT2D eigenvalue weighted by molar-refractivity contribution is 0.122. The van der Waals surface area contributed by atoms with Crippen LogP contribution < -0.4 is 10.5 Å². The number of hydrogen-bond donors (Lipinski definition) is 1. The third-order valence-electron chi connectivity index (χ3n) is 5.49. The van der Waals surface area contributed by atoms with Gasteiger partial charge in [-0.25, -0.2) is 15.0 Å². The van der Waals surface area contributed by atoms with E-state index >= 15 is 0 Å². The summed E-state index contributed by atoms with van der Waals surface area (Å²) in [6.45, 7) is 5.17. The van der Waals surface area contributed by atoms with Crippen molar-refractivity contribution in [2.45, 2.75) is 19.5 Å². The van der Waals surface area contributed by atoms with Gasteiger partial charge in [0.15, 0.2) is 0 Å². The highest BCUT2D eigenvalue weighted by molar-refractivity contribution is 5.54. The maximum Gasteiger partial charge on any atom is 0.255 e. The molecule has 0 saturated carbocycles. The SMILES string of the molecule is O=c1[nH]c(-c2ccncc2)nc2c1CN(Cc1cnc(N3CCOCC3)nc1)CC2. The maximum absolute atomic E-state index is 12.7. The molecule has 0 atom stereocenters. The molecule has 1 N–H and O–H groups in total. The highest BCUT2D eigenvalue weighted by Gasteiger charge is 2.22. The van der Waals surface area contributed by atoms with Crippen molar-refractivity contribution in [2.24, 2.45) is 0 Å². The van der Waals surface area contributed by atoms with Crippen molar-refractivity contribution in [2.75, 3.05) is 37.7 Å². The van der Waals surface area contributed by atoms with Gasteiger partial charge in [-0.3, -0.25) is 14.7 Å². The highest BCUT2D eigenvalue weighted by Crippen LogP contribution is 2.20. The summed E-state index contributed by atoms with van der Waals surface area (Å²) in [4.78, 5) is 37.7. The van der Waals surface area contributed by atoms with Crippen molar-refractivity contribution in [1.82, 2.24) is 29.8 Å². The van der Waals surface area contributed by atoms with Gasteiger partial charge in [0.1, 0.15) is 5.82 Å². The summed E-state index contributed by atoms with van der Waals surface area (Å²) in [6, 6.07) is 3.70. The quantitative estimate of drug-likeness (QED) is 0.687. The lowest BCUT2D eigenvalue weighted by atomic mass is 10.1. The lowest BCUT2D eigenvalue weighted by Crippen LogP contribution is -2.37. The van der Waals surface area contributed by atoms with Gasteiger partial charge in [0.05, 0.1) is 24.5 Å². The van der Waals surface area contributed by atoms with Gasteiger partial charge in [0.2, 0.25) is 5.95 Å². The second kappa shape index (κ2) is 8.29. The summed E-state index contributed by atoms with van der Waals surface area (Å²) >= 11 is 0. The Kier molecular flexibility index (Phi) is 5.20. The number of pyridine rings is 1. The van der Waals surface area contributed by atoms with E-state index in [1.165, 1.54) is 0 Å². The molecule has 1 saturated heterocycles. The smallest absolute Gasteiger partial charge is 0.255 e. The molecule has 2 aliphatic rings. The van der Waals surface area contributed by atoms with Crippen LogP contribution in [0, 0.1) is 0 Å². The number of anilines is 1. The van der Waals surface area contributed by atoms with Crippen molar-refractivity contribution in [3.05, 3.63) is 64.1 Å². The third-order valence-corrected chi connectivity index (χ3v) is 5.49. The second-order valence-electron chi connectivity index (χ2n) is 7.53. The molecule has 9 heteroatoms. The van der Waals surface area contributed by atoms with Crippen LogP contribution in [0.4, 0.5) is 5.95 Å². The normalized spacial score (nSPS) is 17.0. The molecule has 9 nitrogen and oxygen atoms in total. The van der Waals surface area contributed by atoms with Gasteiger partial charge in [-0.05, 0) is 12.1 Å². The Labute approximate surface area is 173 Å². The molecule has 3 aromatic rings. The van der Waals surface area contributed by atoms with Crippen LogP contribution in [-0.2, 0) is 24.2 Å². The van der Waals surface area contributed by atoms with E-state index in [0.29, 0.717) is 32.1 Å². The number of ether oxygens (including phenoxy) is 1. The van der Waals surface area contributed by atoms with Gasteiger partial charge in [-0.1, -0.05) is 0 Å². The summed E-state index contributed by atoms with van der Waals surface area (Å²) in [7, 11) is 0. The van der Waals surface area contributed by atoms with Crippen LogP contribution >= 0.6 is 0 Å². The molecule has 154 valence electrons. The molecule has 0 unspecified atom stereocenters. The standard InChI is InChI=1S/C21H23N7O2/c29-20-17-14-27(6-3-18(17)25-19(26-20)16-1-4-22-5-2-16)13-15-11-23-21(24-12-15)28-7-9-30-10-8-28/h1-2,4-5,11-12H,3,6-10,13-14H2,(H,25,26,29). The lowest BCUT2D eigenvalue weighted by Gasteiger charge is -2.28. The fourth-order valence-electron chi connectivity index (χ4n) is 3.88. The largest absolute Gasteiger partial charge is 0.378 e. The van der Waals surface area contributed by atoms with Crippen molar-refractivity contribution in [3.8, 4) is 11.4 Å². The number of fused-ring (bicyclic) bond motifs is 1. The topological polar surface area (TPSA) is 100 Å². The molecule has 3 aromatic heterocycles. The molecule has 5 heterocycles. The average Bonchev–Trinajstić information content (AvgIpc) is 2.81. The van der Waals surface area contributed by atoms with Crippen molar-refractivity contribution in [3.63, 3.8) is 0 Å². The molecule has 0 spiro atoms. The van der Waals surface area contributed by atoms with Crippen LogP contribution in [0.1, 0.15) is 16.8 Å². The number of aromatic nitrogens is 5. The van der Waals surface area contributed by atoms with E-state index in [-0.39, 0.29) is 5.56 Å². The second-order valence-corrected chi connectivity index (χ2v) is 7.53. The van der Waals surface area contributed by atoms with E-state index in [1.54, 1.807) is 12.4 Å². The predicted octanol–water partition coefficient (Wildman–Crippen LogP) is 1.02. The van der Waals surface area contributed by atoms with Gasteiger partial charge in [-0.2, -0.15) is 0 Å². The Balaban J connectivity index is 1.28. The highest BCUT2D eigenvalue weighted by atomic mass is 16.5. The van der Waals surface area contributed by atoms with Gasteiger partial charge in [-0.15, -0.1) is 0 Å². The fourth-order valence-corrected chi connectivity index (χ4v) is 3.88. The molecule has 0 amide bonds. The van der Waals surface area contributed by atoms with Crippen LogP contribution in [0.2, 0.25) is 0 Å². The first-order valence-electron chi connectivity index (χ1n) is 10.1. The molecule has 2 aliphatic heterocycles. The summed E-state index contributed by atoms with van der Waals surface area (Å²) in [5.74, 6) is 1.34. The zero-order valence-electron chi connectivity index (χ0n) is 16.6. The monoisotopic (exact) mass is 405 g/mol. The molecule has 1 fully saturated rings. The summed E-state index contributed by atoms with van der Waals surface area (Å²) in [6.07, 6.45) is 7.89. The third kappa shape index (κ3) is 3.94. The number of morpholine rings is 1. The summed E-state index contributed by atoms with van der Waals surface area (Å²) < 4.78 is 5.38. The average molecular weight is 405 g/mol. The Morgan fingerprint density at radius 1 is 1.07 bits per heavy atom. The van der Waals surface area contributed by atoms with Crippen LogP contribution in [0.5, 0.6) is 0 Å². The van der Waals surface area contributed by atoms with E-state index < -0.39 is 0 Å². The van der Waals surface area contributed by atoms with Gasteiger partial charge in [0, 0.05) is 75.1 Å². The van der Waals surface area contributed by atoms with E-state index in [2.05, 4.69) is 29.7 Å².